The van der Waals surface area contributed by atoms with E-state index in [-0.39, 0.29) is 146 Å². The molecule has 0 atom stereocenters. The summed E-state index contributed by atoms with van der Waals surface area (Å²) < 4.78 is 0. The van der Waals surface area contributed by atoms with Gasteiger partial charge in [-0.2, -0.15) is 0 Å². The molecule has 0 unspecified atom stereocenters. The van der Waals surface area contributed by atoms with Crippen LogP contribution in [0, 0.1) is 0 Å². The van der Waals surface area contributed by atoms with E-state index in [4.69, 9.17) is 0 Å². The molecule has 0 aliphatic rings. The first-order valence-corrected chi connectivity index (χ1v) is 0. The second kappa shape index (κ2) is 68.4. The normalized spacial score (nSPS) is 0. The molecule has 59 valence electrons. The molecule has 0 heterocycles. The van der Waals surface area contributed by atoms with E-state index < -0.39 is 0 Å². The average Bonchev–Trinajstić information content (AvgIpc) is 0. The van der Waals surface area contributed by atoms with E-state index in [0.717, 1.165) is 0 Å². The number of hydrogen-bond donors (Lipinski definition) is 0. The number of hydrogen-bond acceptors (Lipinski definition) is 0. The monoisotopic (exact) mass is 449 g/mol. The Morgan fingerprint density at radius 1 is 0.375 bits per heavy atom. The van der Waals surface area contributed by atoms with Gasteiger partial charge in [0.15, 0.2) is 0 Å². The summed E-state index contributed by atoms with van der Waals surface area (Å²) in [5.74, 6) is 0. The molecular formula is H7Cl6IrK. The van der Waals surface area contributed by atoms with Crippen LogP contribution in [0.4, 0.5) is 0 Å². The van der Waals surface area contributed by atoms with Gasteiger partial charge in [0.05, 0.1) is 0 Å². The van der Waals surface area contributed by atoms with Crippen molar-refractivity contribution in [3.05, 3.63) is 0 Å². The summed E-state index contributed by atoms with van der Waals surface area (Å²) in [6.07, 6.45) is 0. The van der Waals surface area contributed by atoms with Crippen LogP contribution in [0.3, 0.4) is 0 Å². The molecule has 0 nitrogen and oxygen atoms in total. The Kier molecular flexibility index (Phi) is 771. The van der Waals surface area contributed by atoms with Crippen molar-refractivity contribution < 1.29 is 20.1 Å². The minimum atomic E-state index is 0. The molecule has 0 aromatic rings. The van der Waals surface area contributed by atoms with Crippen LogP contribution in [0.15, 0.2) is 0 Å². The van der Waals surface area contributed by atoms with Gasteiger partial charge in [-0.25, -0.2) is 0 Å². The Balaban J connectivity index is 0. The Labute approximate surface area is 143 Å². The van der Waals surface area contributed by atoms with Gasteiger partial charge in [-0.05, 0) is 0 Å². The van der Waals surface area contributed by atoms with Crippen molar-refractivity contribution >= 4 is 126 Å². The molecule has 0 bridgehead atoms. The predicted molar refractivity (Wildman–Crippen MR) is 50.6 cm³/mol. The van der Waals surface area contributed by atoms with Gasteiger partial charge in [-0.15, -0.1) is 74.4 Å². The maximum absolute atomic E-state index is 0. The molecule has 0 saturated carbocycles. The molecule has 0 N–H and O–H groups in total. The number of rotatable bonds is 0. The first-order chi connectivity index (χ1) is 0. The summed E-state index contributed by atoms with van der Waals surface area (Å²) in [7, 11) is 0. The van der Waals surface area contributed by atoms with E-state index >= 15 is 0 Å². The van der Waals surface area contributed by atoms with Crippen LogP contribution in [-0.4, -0.2) is 51.4 Å². The van der Waals surface area contributed by atoms with Crippen molar-refractivity contribution in [2.75, 3.05) is 0 Å². The van der Waals surface area contributed by atoms with Crippen molar-refractivity contribution in [1.82, 2.24) is 0 Å². The molecule has 0 fully saturated rings. The van der Waals surface area contributed by atoms with Crippen LogP contribution in [0.5, 0.6) is 0 Å². The summed E-state index contributed by atoms with van der Waals surface area (Å²) in [5.41, 5.74) is 0. The molecule has 0 aliphatic heterocycles. The second-order valence-corrected chi connectivity index (χ2v) is 0. The summed E-state index contributed by atoms with van der Waals surface area (Å²) in [5, 5.41) is 0. The van der Waals surface area contributed by atoms with E-state index in [0.29, 0.717) is 0 Å². The Morgan fingerprint density at radius 3 is 0.375 bits per heavy atom. The van der Waals surface area contributed by atoms with E-state index in [9.17, 15) is 0 Å². The zero-order valence-corrected chi connectivity index (χ0v) is 10.1. The first-order valence-electron chi connectivity index (χ1n) is 0. The van der Waals surface area contributed by atoms with Crippen LogP contribution >= 0.6 is 74.4 Å². The van der Waals surface area contributed by atoms with Gasteiger partial charge in [-0.3, -0.25) is 0 Å². The van der Waals surface area contributed by atoms with E-state index in [1.807, 2.05) is 0 Å². The van der Waals surface area contributed by atoms with Gasteiger partial charge >= 0.3 is 51.4 Å². The molecule has 1 radical (unpaired) electrons. The zero-order chi connectivity index (χ0) is 0. The van der Waals surface area contributed by atoms with E-state index in [1.54, 1.807) is 0 Å². The summed E-state index contributed by atoms with van der Waals surface area (Å²) in [6, 6.07) is 0. The Morgan fingerprint density at radius 2 is 0.375 bits per heavy atom. The van der Waals surface area contributed by atoms with E-state index in [2.05, 4.69) is 0 Å². The molecular weight excluding hydrogens is 444 g/mol. The van der Waals surface area contributed by atoms with Gasteiger partial charge < -0.3 is 0 Å². The third-order valence-electron chi connectivity index (χ3n) is 0. The topological polar surface area (TPSA) is 0 Å². The maximum atomic E-state index is 0. The molecule has 0 spiro atoms. The number of halogens is 6. The first kappa shape index (κ1) is 90.2. The zero-order valence-electron chi connectivity index (χ0n) is 2.78. The minimum absolute atomic E-state index is 0. The molecule has 0 saturated heterocycles. The Bertz CT molecular complexity index is 8.49. The van der Waals surface area contributed by atoms with Gasteiger partial charge in [-0.1, -0.05) is 0 Å². The predicted octanol–water partition coefficient (Wildman–Crippen LogP) is 1.88. The molecule has 0 aliphatic carbocycles. The summed E-state index contributed by atoms with van der Waals surface area (Å²) >= 11 is 0. The average molecular weight is 451 g/mol. The fourth-order valence-corrected chi connectivity index (χ4v) is 0. The van der Waals surface area contributed by atoms with Crippen LogP contribution in [0.25, 0.3) is 0 Å². The van der Waals surface area contributed by atoms with Crippen molar-refractivity contribution in [2.45, 2.75) is 0 Å². The molecule has 0 amide bonds. The molecule has 0 aromatic carbocycles. The Hall–Kier alpha value is 4.03. The summed E-state index contributed by atoms with van der Waals surface area (Å²) in [6.45, 7) is 0. The van der Waals surface area contributed by atoms with E-state index in [1.165, 1.54) is 0 Å². The van der Waals surface area contributed by atoms with Crippen LogP contribution in [0.1, 0.15) is 0 Å². The molecule has 0 aromatic heterocycles. The third kappa shape index (κ3) is 50.4. The standard InChI is InChI=1S/6ClH.Ir.K.H/h6*1H;;;. The van der Waals surface area contributed by atoms with Gasteiger partial charge in [0.25, 0.3) is 0 Å². The fourth-order valence-electron chi connectivity index (χ4n) is 0. The van der Waals surface area contributed by atoms with Crippen molar-refractivity contribution in [1.29, 1.82) is 0 Å². The molecule has 8 heavy (non-hydrogen) atoms. The van der Waals surface area contributed by atoms with Gasteiger partial charge in [0.2, 0.25) is 0 Å². The van der Waals surface area contributed by atoms with Crippen LogP contribution < -0.4 is 0 Å². The van der Waals surface area contributed by atoms with Gasteiger partial charge in [0, 0.05) is 20.1 Å². The van der Waals surface area contributed by atoms with Crippen LogP contribution in [0.2, 0.25) is 0 Å². The van der Waals surface area contributed by atoms with Crippen molar-refractivity contribution in [3.8, 4) is 0 Å². The SMILES string of the molecule is Cl.Cl.Cl.Cl.Cl.Cl.[Ir].[KH]. The quantitative estimate of drug-likeness (QED) is 0.494. The summed E-state index contributed by atoms with van der Waals surface area (Å²) in [4.78, 5) is 0. The van der Waals surface area contributed by atoms with Crippen molar-refractivity contribution in [2.24, 2.45) is 0 Å². The molecule has 8 heteroatoms. The fraction of sp³-hybridized carbons (Fsp3) is 0. The van der Waals surface area contributed by atoms with Crippen molar-refractivity contribution in [3.63, 3.8) is 0 Å². The second-order valence-electron chi connectivity index (χ2n) is 0. The molecule has 0 rings (SSSR count). The van der Waals surface area contributed by atoms with Gasteiger partial charge in [0.1, 0.15) is 0 Å². The third-order valence-corrected chi connectivity index (χ3v) is 0. The van der Waals surface area contributed by atoms with Crippen LogP contribution in [-0.2, 0) is 20.1 Å².